The summed E-state index contributed by atoms with van der Waals surface area (Å²) in [7, 11) is 0. The molecule has 14 heavy (non-hydrogen) atoms. The first-order valence-electron chi connectivity index (χ1n) is 4.80. The summed E-state index contributed by atoms with van der Waals surface area (Å²) < 4.78 is 12.9. The number of rotatable bonds is 4. The van der Waals surface area contributed by atoms with Crippen molar-refractivity contribution in [2.24, 2.45) is 0 Å². The van der Waals surface area contributed by atoms with Crippen LogP contribution in [0.4, 0.5) is 4.39 Å². The Bertz CT molecular complexity index is 301. The molecule has 0 bridgehead atoms. The molecule has 0 saturated heterocycles. The molecule has 1 aromatic carbocycles. The Balaban J connectivity index is 2.70. The fraction of sp³-hybridized carbons (Fsp3) is 0.455. The van der Waals surface area contributed by atoms with Crippen molar-refractivity contribution in [3.63, 3.8) is 0 Å². The standard InChI is InChI=1S/C11H15ClFN/c1-3-14-7-8(2)9-4-5-11(13)10(12)6-9/h4-6,8,14H,3,7H2,1-2H3. The zero-order valence-electron chi connectivity index (χ0n) is 8.48. The van der Waals surface area contributed by atoms with Gasteiger partial charge in [0.1, 0.15) is 5.82 Å². The molecule has 0 heterocycles. The van der Waals surface area contributed by atoms with Gasteiger partial charge in [0.25, 0.3) is 0 Å². The highest BCUT2D eigenvalue weighted by Gasteiger charge is 2.07. The molecule has 1 N–H and O–H groups in total. The lowest BCUT2D eigenvalue weighted by molar-refractivity contribution is 0.617. The van der Waals surface area contributed by atoms with Gasteiger partial charge >= 0.3 is 0 Å². The number of nitrogens with one attached hydrogen (secondary N) is 1. The Kier molecular flexibility index (Phi) is 4.36. The Labute approximate surface area is 89.3 Å². The molecule has 1 atom stereocenters. The van der Waals surface area contributed by atoms with Crippen molar-refractivity contribution >= 4 is 11.6 Å². The molecule has 1 aromatic rings. The van der Waals surface area contributed by atoms with Crippen LogP contribution < -0.4 is 5.32 Å². The van der Waals surface area contributed by atoms with Gasteiger partial charge in [0.05, 0.1) is 5.02 Å². The summed E-state index contributed by atoms with van der Waals surface area (Å²) in [5, 5.41) is 3.44. The van der Waals surface area contributed by atoms with Crippen LogP contribution in [0.15, 0.2) is 18.2 Å². The molecular formula is C11H15ClFN. The highest BCUT2D eigenvalue weighted by atomic mass is 35.5. The highest BCUT2D eigenvalue weighted by molar-refractivity contribution is 6.30. The Morgan fingerprint density at radius 2 is 2.21 bits per heavy atom. The van der Waals surface area contributed by atoms with E-state index in [1.165, 1.54) is 6.07 Å². The van der Waals surface area contributed by atoms with Crippen molar-refractivity contribution in [1.82, 2.24) is 5.32 Å². The van der Waals surface area contributed by atoms with E-state index >= 15 is 0 Å². The van der Waals surface area contributed by atoms with Gasteiger partial charge < -0.3 is 5.32 Å². The van der Waals surface area contributed by atoms with Crippen molar-refractivity contribution in [2.45, 2.75) is 19.8 Å². The summed E-state index contributed by atoms with van der Waals surface area (Å²) in [5.74, 6) is -0.000817. The van der Waals surface area contributed by atoms with E-state index in [0.717, 1.165) is 18.7 Å². The van der Waals surface area contributed by atoms with Crippen LogP contribution in [0.25, 0.3) is 0 Å². The number of halogens is 2. The van der Waals surface area contributed by atoms with E-state index in [4.69, 9.17) is 11.6 Å². The number of hydrogen-bond donors (Lipinski definition) is 1. The molecule has 0 radical (unpaired) electrons. The lowest BCUT2D eigenvalue weighted by Crippen LogP contribution is -2.19. The van der Waals surface area contributed by atoms with Crippen LogP contribution in [0.5, 0.6) is 0 Å². The first-order valence-corrected chi connectivity index (χ1v) is 5.18. The molecule has 0 spiro atoms. The lowest BCUT2D eigenvalue weighted by atomic mass is 10.0. The van der Waals surface area contributed by atoms with Crippen LogP contribution in [0.3, 0.4) is 0 Å². The second-order valence-electron chi connectivity index (χ2n) is 3.38. The number of likely N-dealkylation sites (N-methyl/N-ethyl adjacent to an activating group) is 1. The topological polar surface area (TPSA) is 12.0 Å². The van der Waals surface area contributed by atoms with E-state index in [-0.39, 0.29) is 10.8 Å². The van der Waals surface area contributed by atoms with Gasteiger partial charge in [-0.15, -0.1) is 0 Å². The molecule has 78 valence electrons. The molecule has 3 heteroatoms. The zero-order valence-corrected chi connectivity index (χ0v) is 9.24. The van der Waals surface area contributed by atoms with Crippen LogP contribution in [0, 0.1) is 5.82 Å². The molecule has 0 aliphatic rings. The van der Waals surface area contributed by atoms with Crippen LogP contribution in [-0.2, 0) is 0 Å². The zero-order chi connectivity index (χ0) is 10.6. The van der Waals surface area contributed by atoms with E-state index in [1.807, 2.05) is 0 Å². The first kappa shape index (κ1) is 11.5. The van der Waals surface area contributed by atoms with Crippen molar-refractivity contribution in [3.8, 4) is 0 Å². The van der Waals surface area contributed by atoms with Crippen molar-refractivity contribution in [3.05, 3.63) is 34.6 Å². The normalized spacial score (nSPS) is 12.9. The van der Waals surface area contributed by atoms with E-state index in [0.29, 0.717) is 5.92 Å². The Morgan fingerprint density at radius 1 is 1.50 bits per heavy atom. The molecule has 1 nitrogen and oxygen atoms in total. The lowest BCUT2D eigenvalue weighted by Gasteiger charge is -2.12. The van der Waals surface area contributed by atoms with Crippen LogP contribution in [0.1, 0.15) is 25.3 Å². The average molecular weight is 216 g/mol. The molecule has 0 aliphatic carbocycles. The number of benzene rings is 1. The summed E-state index contributed by atoms with van der Waals surface area (Å²) in [6.45, 7) is 5.98. The van der Waals surface area contributed by atoms with Crippen LogP contribution in [0.2, 0.25) is 5.02 Å². The minimum Gasteiger partial charge on any atom is -0.316 e. The molecule has 0 saturated carbocycles. The quantitative estimate of drug-likeness (QED) is 0.814. The van der Waals surface area contributed by atoms with E-state index in [1.54, 1.807) is 12.1 Å². The third-order valence-corrected chi connectivity index (χ3v) is 2.50. The van der Waals surface area contributed by atoms with Crippen molar-refractivity contribution < 1.29 is 4.39 Å². The van der Waals surface area contributed by atoms with Crippen molar-refractivity contribution in [1.29, 1.82) is 0 Å². The largest absolute Gasteiger partial charge is 0.316 e. The minimum absolute atomic E-state index is 0.200. The van der Waals surface area contributed by atoms with Crippen LogP contribution >= 0.6 is 11.6 Å². The highest BCUT2D eigenvalue weighted by Crippen LogP contribution is 2.21. The van der Waals surface area contributed by atoms with E-state index in [9.17, 15) is 4.39 Å². The Morgan fingerprint density at radius 3 is 2.79 bits per heavy atom. The van der Waals surface area contributed by atoms with E-state index < -0.39 is 0 Å². The maximum Gasteiger partial charge on any atom is 0.141 e. The smallest absolute Gasteiger partial charge is 0.141 e. The monoisotopic (exact) mass is 215 g/mol. The molecule has 1 unspecified atom stereocenters. The van der Waals surface area contributed by atoms with Gasteiger partial charge in [-0.3, -0.25) is 0 Å². The van der Waals surface area contributed by atoms with E-state index in [2.05, 4.69) is 19.2 Å². The predicted molar refractivity (Wildman–Crippen MR) is 58.4 cm³/mol. The van der Waals surface area contributed by atoms with Gasteiger partial charge in [-0.2, -0.15) is 0 Å². The molecule has 1 rings (SSSR count). The molecule has 0 fully saturated rings. The van der Waals surface area contributed by atoms with Crippen molar-refractivity contribution in [2.75, 3.05) is 13.1 Å². The fourth-order valence-corrected chi connectivity index (χ4v) is 1.49. The first-order chi connectivity index (χ1) is 6.65. The molecule has 0 aliphatic heterocycles. The van der Waals surface area contributed by atoms with Gasteiger partial charge in [0.2, 0.25) is 0 Å². The minimum atomic E-state index is -0.355. The van der Waals surface area contributed by atoms with Gasteiger partial charge in [0.15, 0.2) is 0 Å². The molecular weight excluding hydrogens is 201 g/mol. The third-order valence-electron chi connectivity index (χ3n) is 2.21. The van der Waals surface area contributed by atoms with Gasteiger partial charge in [-0.05, 0) is 30.2 Å². The Hall–Kier alpha value is -0.600. The second kappa shape index (κ2) is 5.32. The van der Waals surface area contributed by atoms with Gasteiger partial charge in [-0.25, -0.2) is 4.39 Å². The summed E-state index contributed by atoms with van der Waals surface area (Å²) in [4.78, 5) is 0. The second-order valence-corrected chi connectivity index (χ2v) is 3.79. The maximum atomic E-state index is 12.9. The van der Waals surface area contributed by atoms with Gasteiger partial charge in [0, 0.05) is 6.54 Å². The summed E-state index contributed by atoms with van der Waals surface area (Å²) in [6.07, 6.45) is 0. The summed E-state index contributed by atoms with van der Waals surface area (Å²) in [6, 6.07) is 4.89. The number of hydrogen-bond acceptors (Lipinski definition) is 1. The SMILES string of the molecule is CCNCC(C)c1ccc(F)c(Cl)c1. The maximum absolute atomic E-state index is 12.9. The van der Waals surface area contributed by atoms with Crippen LogP contribution in [-0.4, -0.2) is 13.1 Å². The molecule has 0 amide bonds. The van der Waals surface area contributed by atoms with Gasteiger partial charge in [-0.1, -0.05) is 31.5 Å². The third kappa shape index (κ3) is 2.96. The summed E-state index contributed by atoms with van der Waals surface area (Å²) >= 11 is 5.70. The average Bonchev–Trinajstić information content (AvgIpc) is 2.18. The fourth-order valence-electron chi connectivity index (χ4n) is 1.30. The summed E-state index contributed by atoms with van der Waals surface area (Å²) in [5.41, 5.74) is 1.07. The molecule has 0 aromatic heterocycles. The predicted octanol–water partition coefficient (Wildman–Crippen LogP) is 3.19.